The molecule has 0 aliphatic rings. The molecule has 0 radical (unpaired) electrons. The molecule has 11 aromatic rings. The Morgan fingerprint density at radius 3 is 1.51 bits per heavy atom. The maximum absolute atomic E-state index is 7.89. The minimum absolute atomic E-state index is 0.590. The van der Waals surface area contributed by atoms with E-state index in [1.165, 1.54) is 16.3 Å². The van der Waals surface area contributed by atoms with Crippen LogP contribution < -0.4 is 0 Å². The summed E-state index contributed by atoms with van der Waals surface area (Å²) in [5.41, 5.74) is 13.1. The zero-order chi connectivity index (χ0) is 39.5. The summed E-state index contributed by atoms with van der Waals surface area (Å²) in [4.78, 5) is 19.0. The van der Waals surface area contributed by atoms with Gasteiger partial charge in [0.15, 0.2) is 23.2 Å². The summed E-state index contributed by atoms with van der Waals surface area (Å²) in [7, 11) is 0. The Hall–Kier alpha value is -8.14. The van der Waals surface area contributed by atoms with Gasteiger partial charge in [-0.2, -0.15) is 0 Å². The molecule has 59 heavy (non-hydrogen) atoms. The van der Waals surface area contributed by atoms with Crippen LogP contribution in [0.15, 0.2) is 188 Å². The van der Waals surface area contributed by atoms with Gasteiger partial charge in [-0.25, -0.2) is 19.8 Å². The van der Waals surface area contributed by atoms with Gasteiger partial charge in [0.25, 0.3) is 0 Å². The van der Waals surface area contributed by atoms with Gasteiger partial charge in [-0.3, -0.25) is 0 Å². The molecule has 0 N–H and O–H groups in total. The van der Waals surface area contributed by atoms with E-state index in [2.05, 4.69) is 136 Å². The lowest BCUT2D eigenvalue weighted by Gasteiger charge is -2.17. The van der Waals surface area contributed by atoms with Gasteiger partial charge in [0.1, 0.15) is 0 Å². The molecule has 0 amide bonds. The van der Waals surface area contributed by atoms with Crippen LogP contribution in [0.3, 0.4) is 0 Å². The lowest BCUT2D eigenvalue weighted by Crippen LogP contribution is -2.02. The molecule has 3 aromatic heterocycles. The molecule has 276 valence electrons. The summed E-state index contributed by atoms with van der Waals surface area (Å²) in [6.45, 7) is 10.0. The molecular formula is C53H34N6. The number of rotatable bonds is 6. The van der Waals surface area contributed by atoms with Crippen LogP contribution in [0.2, 0.25) is 0 Å². The minimum atomic E-state index is 0.590. The first-order valence-corrected chi connectivity index (χ1v) is 19.6. The van der Waals surface area contributed by atoms with Crippen molar-refractivity contribution in [2.45, 2.75) is 6.92 Å². The first-order valence-electron chi connectivity index (χ1n) is 19.6. The van der Waals surface area contributed by atoms with E-state index in [9.17, 15) is 0 Å². The first kappa shape index (κ1) is 34.1. The standard InChI is InChI=1S/C53H34N6/c1-34-15-9-12-22-45(34)58-49-28-25-37(31-43(49)44-33-39(54-2)27-30-50(44)58)42-32-38(26-29-48(42)59-46-23-13-10-20-40(46)41-21-11-14-24-47(41)59)53-56-51(35-16-5-3-6-17-35)55-52(57-53)36-18-7-4-8-19-36/h3-33H,1H3. The fourth-order valence-electron chi connectivity index (χ4n) is 8.54. The molecule has 0 bridgehead atoms. The van der Waals surface area contributed by atoms with Crippen molar-refractivity contribution in [3.8, 4) is 56.7 Å². The number of hydrogen-bond donors (Lipinski definition) is 0. The molecule has 0 atom stereocenters. The molecule has 0 spiro atoms. The second-order valence-corrected chi connectivity index (χ2v) is 14.8. The average Bonchev–Trinajstić information content (AvgIpc) is 3.81. The quantitative estimate of drug-likeness (QED) is 0.159. The summed E-state index contributed by atoms with van der Waals surface area (Å²) in [6.07, 6.45) is 0. The van der Waals surface area contributed by atoms with Crippen molar-refractivity contribution < 1.29 is 0 Å². The van der Waals surface area contributed by atoms with Crippen LogP contribution >= 0.6 is 0 Å². The van der Waals surface area contributed by atoms with Crippen LogP contribution in [-0.4, -0.2) is 24.1 Å². The van der Waals surface area contributed by atoms with Crippen molar-refractivity contribution in [1.29, 1.82) is 0 Å². The zero-order valence-corrected chi connectivity index (χ0v) is 32.1. The maximum atomic E-state index is 7.89. The fourth-order valence-corrected chi connectivity index (χ4v) is 8.54. The van der Waals surface area contributed by atoms with Gasteiger partial charge in [-0.1, -0.05) is 127 Å². The van der Waals surface area contributed by atoms with Crippen molar-refractivity contribution in [3.05, 3.63) is 205 Å². The van der Waals surface area contributed by atoms with Crippen LogP contribution in [-0.2, 0) is 0 Å². The van der Waals surface area contributed by atoms with Crippen LogP contribution in [0.25, 0.3) is 105 Å². The van der Waals surface area contributed by atoms with Crippen LogP contribution in [0.5, 0.6) is 0 Å². The van der Waals surface area contributed by atoms with Crippen molar-refractivity contribution in [2.24, 2.45) is 0 Å². The minimum Gasteiger partial charge on any atom is -0.309 e. The van der Waals surface area contributed by atoms with Crippen molar-refractivity contribution >= 4 is 49.3 Å². The highest BCUT2D eigenvalue weighted by molar-refractivity contribution is 6.13. The van der Waals surface area contributed by atoms with Gasteiger partial charge in [-0.05, 0) is 84.1 Å². The Morgan fingerprint density at radius 1 is 0.390 bits per heavy atom. The Balaban J connectivity index is 1.21. The molecule has 11 rings (SSSR count). The van der Waals surface area contributed by atoms with Crippen LogP contribution in [0, 0.1) is 13.5 Å². The summed E-state index contributed by atoms with van der Waals surface area (Å²) in [5, 5.41) is 4.49. The van der Waals surface area contributed by atoms with E-state index in [0.717, 1.165) is 72.0 Å². The van der Waals surface area contributed by atoms with E-state index in [1.807, 2.05) is 72.8 Å². The third-order valence-corrected chi connectivity index (χ3v) is 11.3. The third-order valence-electron chi connectivity index (χ3n) is 11.3. The van der Waals surface area contributed by atoms with Crippen molar-refractivity contribution in [1.82, 2.24) is 24.1 Å². The molecule has 3 heterocycles. The van der Waals surface area contributed by atoms with E-state index >= 15 is 0 Å². The predicted molar refractivity (Wildman–Crippen MR) is 241 cm³/mol. The van der Waals surface area contributed by atoms with E-state index in [0.29, 0.717) is 23.2 Å². The summed E-state index contributed by atoms with van der Waals surface area (Å²) in [6, 6.07) is 65.1. The second kappa shape index (κ2) is 13.8. The number of hydrogen-bond acceptors (Lipinski definition) is 3. The highest BCUT2D eigenvalue weighted by Crippen LogP contribution is 2.42. The number of aromatic nitrogens is 5. The number of aryl methyl sites for hydroxylation is 1. The highest BCUT2D eigenvalue weighted by Gasteiger charge is 2.21. The topological polar surface area (TPSA) is 52.9 Å². The molecule has 0 fully saturated rings. The molecule has 6 heteroatoms. The van der Waals surface area contributed by atoms with Crippen molar-refractivity contribution in [2.75, 3.05) is 0 Å². The summed E-state index contributed by atoms with van der Waals surface area (Å²) in [5.74, 6) is 1.82. The average molecular weight is 755 g/mol. The van der Waals surface area contributed by atoms with E-state index in [-0.39, 0.29) is 0 Å². The van der Waals surface area contributed by atoms with Crippen LogP contribution in [0.1, 0.15) is 5.56 Å². The number of fused-ring (bicyclic) bond motifs is 6. The van der Waals surface area contributed by atoms with E-state index < -0.39 is 0 Å². The predicted octanol–water partition coefficient (Wildman–Crippen LogP) is 13.6. The molecule has 8 aromatic carbocycles. The Kier molecular flexibility index (Phi) is 7.99. The van der Waals surface area contributed by atoms with Gasteiger partial charge in [0.05, 0.1) is 34.3 Å². The zero-order valence-electron chi connectivity index (χ0n) is 32.1. The van der Waals surface area contributed by atoms with Gasteiger partial charge in [0, 0.05) is 44.1 Å². The third kappa shape index (κ3) is 5.68. The number of benzene rings is 8. The molecule has 0 aliphatic carbocycles. The van der Waals surface area contributed by atoms with Crippen molar-refractivity contribution in [3.63, 3.8) is 0 Å². The molecule has 0 aliphatic heterocycles. The molecule has 0 saturated carbocycles. The SMILES string of the molecule is [C-]#[N+]c1ccc2c(c1)c1cc(-c3cc(-c4nc(-c5ccccc5)nc(-c5ccccc5)n4)ccc3-n3c4ccccc4c4ccccc43)ccc1n2-c1ccccc1C. The van der Waals surface area contributed by atoms with E-state index in [4.69, 9.17) is 21.5 Å². The largest absolute Gasteiger partial charge is 0.309 e. The van der Waals surface area contributed by atoms with E-state index in [1.54, 1.807) is 0 Å². The fraction of sp³-hybridized carbons (Fsp3) is 0.0189. The first-order chi connectivity index (χ1) is 29.1. The lowest BCUT2D eigenvalue weighted by molar-refractivity contribution is 1.07. The second-order valence-electron chi connectivity index (χ2n) is 14.8. The Bertz CT molecular complexity index is 3350. The Morgan fingerprint density at radius 2 is 0.881 bits per heavy atom. The lowest BCUT2D eigenvalue weighted by atomic mass is 9.98. The number of para-hydroxylation sites is 3. The molecule has 0 unspecified atom stereocenters. The smallest absolute Gasteiger partial charge is 0.188 e. The Labute approximate surface area is 340 Å². The normalized spacial score (nSPS) is 11.5. The molecule has 6 nitrogen and oxygen atoms in total. The number of nitrogens with zero attached hydrogens (tertiary/aromatic N) is 6. The van der Waals surface area contributed by atoms with Gasteiger partial charge >= 0.3 is 0 Å². The summed E-state index contributed by atoms with van der Waals surface area (Å²) >= 11 is 0. The highest BCUT2D eigenvalue weighted by atomic mass is 15.0. The summed E-state index contributed by atoms with van der Waals surface area (Å²) < 4.78 is 4.70. The molecular weight excluding hydrogens is 721 g/mol. The monoisotopic (exact) mass is 754 g/mol. The van der Waals surface area contributed by atoms with Gasteiger partial charge < -0.3 is 9.13 Å². The van der Waals surface area contributed by atoms with Gasteiger partial charge in [0.2, 0.25) is 0 Å². The van der Waals surface area contributed by atoms with Crippen LogP contribution in [0.4, 0.5) is 5.69 Å². The van der Waals surface area contributed by atoms with Gasteiger partial charge in [-0.15, -0.1) is 0 Å². The molecule has 0 saturated heterocycles. The maximum Gasteiger partial charge on any atom is 0.188 e.